The molecule has 0 spiro atoms. The minimum atomic E-state index is -3.41. The molecule has 1 unspecified atom stereocenters. The van der Waals surface area contributed by atoms with Crippen LogP contribution < -0.4 is 10.0 Å². The Labute approximate surface area is 117 Å². The van der Waals surface area contributed by atoms with Gasteiger partial charge >= 0.3 is 0 Å². The third-order valence-corrected chi connectivity index (χ3v) is 4.93. The van der Waals surface area contributed by atoms with Crippen LogP contribution in [0.5, 0.6) is 0 Å². The zero-order chi connectivity index (χ0) is 13.8. The summed E-state index contributed by atoms with van der Waals surface area (Å²) in [7, 11) is -1.56. The molecule has 0 aliphatic rings. The first kappa shape index (κ1) is 15.6. The fourth-order valence-electron chi connectivity index (χ4n) is 1.54. The lowest BCUT2D eigenvalue weighted by atomic mass is 10.2. The third kappa shape index (κ3) is 4.35. The lowest BCUT2D eigenvalue weighted by Gasteiger charge is -2.13. The van der Waals surface area contributed by atoms with Crippen molar-refractivity contribution in [3.63, 3.8) is 0 Å². The highest BCUT2D eigenvalue weighted by Gasteiger charge is 2.15. The quantitative estimate of drug-likeness (QED) is 0.835. The van der Waals surface area contributed by atoms with E-state index in [-0.39, 0.29) is 5.92 Å². The van der Waals surface area contributed by atoms with Crippen LogP contribution in [0.1, 0.15) is 12.5 Å². The van der Waals surface area contributed by atoms with Crippen LogP contribution in [-0.2, 0) is 10.0 Å². The minimum Gasteiger partial charge on any atom is -0.319 e. The van der Waals surface area contributed by atoms with E-state index in [1.165, 1.54) is 0 Å². The van der Waals surface area contributed by atoms with Crippen molar-refractivity contribution in [1.82, 2.24) is 10.0 Å². The molecule has 0 aliphatic carbocycles. The van der Waals surface area contributed by atoms with Gasteiger partial charge in [-0.3, -0.25) is 0 Å². The average Bonchev–Trinajstić information content (AvgIpc) is 2.30. The van der Waals surface area contributed by atoms with E-state index in [2.05, 4.69) is 26.0 Å². The topological polar surface area (TPSA) is 58.2 Å². The lowest BCUT2D eigenvalue weighted by molar-refractivity contribution is 0.519. The van der Waals surface area contributed by atoms with Crippen LogP contribution in [0.4, 0.5) is 0 Å². The average molecular weight is 335 g/mol. The smallest absolute Gasteiger partial charge is 0.240 e. The van der Waals surface area contributed by atoms with Crippen LogP contribution in [0.2, 0.25) is 0 Å². The zero-order valence-corrected chi connectivity index (χ0v) is 13.2. The summed E-state index contributed by atoms with van der Waals surface area (Å²) in [6.07, 6.45) is 0. The van der Waals surface area contributed by atoms with Crippen molar-refractivity contribution in [2.24, 2.45) is 5.92 Å². The molecular weight excluding hydrogens is 316 g/mol. The summed E-state index contributed by atoms with van der Waals surface area (Å²) in [5.41, 5.74) is 0.904. The molecule has 0 radical (unpaired) electrons. The summed E-state index contributed by atoms with van der Waals surface area (Å²) in [4.78, 5) is 0.305. The van der Waals surface area contributed by atoms with Gasteiger partial charge < -0.3 is 5.32 Å². The normalized spacial score (nSPS) is 13.6. The Morgan fingerprint density at radius 3 is 2.56 bits per heavy atom. The molecule has 1 atom stereocenters. The number of halogens is 1. The number of nitrogens with one attached hydrogen (secondary N) is 2. The largest absolute Gasteiger partial charge is 0.319 e. The number of sulfonamides is 1. The van der Waals surface area contributed by atoms with Gasteiger partial charge in [-0.15, -0.1) is 0 Å². The van der Waals surface area contributed by atoms with Gasteiger partial charge in [0, 0.05) is 11.0 Å². The molecule has 102 valence electrons. The maximum absolute atomic E-state index is 12.1. The van der Waals surface area contributed by atoms with E-state index in [1.807, 2.05) is 20.9 Å². The predicted molar refractivity (Wildman–Crippen MR) is 77.2 cm³/mol. The summed E-state index contributed by atoms with van der Waals surface area (Å²) in [5, 5.41) is 3.02. The number of hydrogen-bond donors (Lipinski definition) is 2. The number of rotatable bonds is 6. The second-order valence-electron chi connectivity index (χ2n) is 4.43. The van der Waals surface area contributed by atoms with Crippen LogP contribution in [0.25, 0.3) is 0 Å². The summed E-state index contributed by atoms with van der Waals surface area (Å²) in [6.45, 7) is 5.07. The van der Waals surface area contributed by atoms with E-state index in [0.29, 0.717) is 11.4 Å². The molecule has 1 aromatic carbocycles. The van der Waals surface area contributed by atoms with Gasteiger partial charge in [0.05, 0.1) is 4.90 Å². The molecule has 18 heavy (non-hydrogen) atoms. The molecule has 0 bridgehead atoms. The van der Waals surface area contributed by atoms with E-state index in [0.717, 1.165) is 16.6 Å². The fourth-order valence-corrected chi connectivity index (χ4v) is 3.04. The van der Waals surface area contributed by atoms with Gasteiger partial charge in [0.25, 0.3) is 0 Å². The number of benzene rings is 1. The van der Waals surface area contributed by atoms with Crippen LogP contribution in [-0.4, -0.2) is 28.6 Å². The highest BCUT2D eigenvalue weighted by molar-refractivity contribution is 9.10. The van der Waals surface area contributed by atoms with Gasteiger partial charge in [0.1, 0.15) is 0 Å². The first-order valence-corrected chi connectivity index (χ1v) is 8.05. The van der Waals surface area contributed by atoms with Crippen molar-refractivity contribution in [3.8, 4) is 0 Å². The van der Waals surface area contributed by atoms with Crippen LogP contribution in [0.3, 0.4) is 0 Å². The summed E-state index contributed by atoms with van der Waals surface area (Å²) in [6, 6.07) is 5.01. The second-order valence-corrected chi connectivity index (χ2v) is 7.05. The maximum Gasteiger partial charge on any atom is 0.240 e. The molecule has 1 rings (SSSR count). The lowest BCUT2D eigenvalue weighted by Crippen LogP contribution is -2.32. The van der Waals surface area contributed by atoms with Crippen molar-refractivity contribution < 1.29 is 8.42 Å². The van der Waals surface area contributed by atoms with Gasteiger partial charge in [-0.25, -0.2) is 13.1 Å². The second kappa shape index (κ2) is 6.65. The highest BCUT2D eigenvalue weighted by atomic mass is 79.9. The van der Waals surface area contributed by atoms with Crippen molar-refractivity contribution >= 4 is 26.0 Å². The molecule has 0 fully saturated rings. The first-order chi connectivity index (χ1) is 8.36. The van der Waals surface area contributed by atoms with E-state index in [9.17, 15) is 8.42 Å². The van der Waals surface area contributed by atoms with Crippen LogP contribution in [0.15, 0.2) is 27.6 Å². The Balaban J connectivity index is 2.77. The first-order valence-electron chi connectivity index (χ1n) is 5.77. The molecule has 1 aromatic rings. The maximum atomic E-state index is 12.1. The molecule has 2 N–H and O–H groups in total. The Kier molecular flexibility index (Phi) is 5.78. The van der Waals surface area contributed by atoms with Crippen molar-refractivity contribution in [2.75, 3.05) is 20.1 Å². The van der Waals surface area contributed by atoms with E-state index >= 15 is 0 Å². The molecule has 0 saturated heterocycles. The minimum absolute atomic E-state index is 0.251. The van der Waals surface area contributed by atoms with E-state index < -0.39 is 10.0 Å². The van der Waals surface area contributed by atoms with Gasteiger partial charge in [-0.2, -0.15) is 0 Å². The molecule has 0 heterocycles. The standard InChI is InChI=1S/C12H19BrN2O2S/c1-9(7-14-3)8-15-18(16,17)11-4-5-12(13)10(2)6-11/h4-6,9,14-15H,7-8H2,1-3H3. The Morgan fingerprint density at radius 2 is 2.00 bits per heavy atom. The SMILES string of the molecule is CNCC(C)CNS(=O)(=O)c1ccc(Br)c(C)c1. The summed E-state index contributed by atoms with van der Waals surface area (Å²) in [5.74, 6) is 0.251. The van der Waals surface area contributed by atoms with Gasteiger partial charge in [-0.05, 0) is 50.2 Å². The molecule has 4 nitrogen and oxygen atoms in total. The van der Waals surface area contributed by atoms with Gasteiger partial charge in [0.15, 0.2) is 0 Å². The summed E-state index contributed by atoms with van der Waals surface area (Å²) >= 11 is 3.36. The van der Waals surface area contributed by atoms with Crippen LogP contribution >= 0.6 is 15.9 Å². The monoisotopic (exact) mass is 334 g/mol. The molecule has 0 aliphatic heterocycles. The van der Waals surface area contributed by atoms with E-state index in [1.54, 1.807) is 18.2 Å². The fraction of sp³-hybridized carbons (Fsp3) is 0.500. The molecule has 0 saturated carbocycles. The number of hydrogen-bond acceptors (Lipinski definition) is 3. The highest BCUT2D eigenvalue weighted by Crippen LogP contribution is 2.19. The molecule has 0 aromatic heterocycles. The van der Waals surface area contributed by atoms with Gasteiger partial charge in [-0.1, -0.05) is 22.9 Å². The predicted octanol–water partition coefficient (Wildman–Crippen LogP) is 1.89. The zero-order valence-electron chi connectivity index (χ0n) is 10.8. The van der Waals surface area contributed by atoms with Crippen molar-refractivity contribution in [2.45, 2.75) is 18.7 Å². The molecule has 6 heteroatoms. The molecule has 0 amide bonds. The Hall–Kier alpha value is -0.430. The van der Waals surface area contributed by atoms with E-state index in [4.69, 9.17) is 0 Å². The summed E-state index contributed by atoms with van der Waals surface area (Å²) < 4.78 is 27.6. The van der Waals surface area contributed by atoms with Crippen LogP contribution in [0, 0.1) is 12.8 Å². The van der Waals surface area contributed by atoms with Crippen molar-refractivity contribution in [3.05, 3.63) is 28.2 Å². The number of aryl methyl sites for hydroxylation is 1. The Morgan fingerprint density at radius 1 is 1.33 bits per heavy atom. The van der Waals surface area contributed by atoms with Crippen molar-refractivity contribution in [1.29, 1.82) is 0 Å². The molecular formula is C12H19BrN2O2S. The Bertz CT molecular complexity index is 503. The van der Waals surface area contributed by atoms with Gasteiger partial charge in [0.2, 0.25) is 10.0 Å². The third-order valence-electron chi connectivity index (χ3n) is 2.61.